The van der Waals surface area contributed by atoms with Crippen molar-refractivity contribution >= 4 is 45.9 Å². The molecule has 0 bridgehead atoms. The van der Waals surface area contributed by atoms with Gasteiger partial charge in [0.15, 0.2) is 0 Å². The maximum Gasteiger partial charge on any atom is 0.0970 e. The van der Waals surface area contributed by atoms with Crippen LogP contribution in [0.4, 0.5) is 0 Å². The average molecular weight is 320 g/mol. The zero-order valence-electron chi connectivity index (χ0n) is 10.5. The van der Waals surface area contributed by atoms with E-state index in [9.17, 15) is 0 Å². The van der Waals surface area contributed by atoms with Gasteiger partial charge in [0, 0.05) is 21.2 Å². The first-order valence-corrected chi connectivity index (χ1v) is 7.89. The fraction of sp³-hybridized carbons (Fsp3) is 0.0625. The molecular formula is C16H11Cl2NS. The van der Waals surface area contributed by atoms with E-state index in [-0.39, 0.29) is 0 Å². The molecule has 2 aromatic carbocycles. The van der Waals surface area contributed by atoms with Crippen molar-refractivity contribution in [3.05, 3.63) is 70.2 Å². The first kappa shape index (κ1) is 13.7. The van der Waals surface area contributed by atoms with Crippen molar-refractivity contribution in [1.29, 1.82) is 0 Å². The number of pyridine rings is 1. The number of aromatic nitrogens is 1. The van der Waals surface area contributed by atoms with Gasteiger partial charge >= 0.3 is 0 Å². The van der Waals surface area contributed by atoms with Gasteiger partial charge in [-0.3, -0.25) is 0 Å². The second-order valence-corrected chi connectivity index (χ2v) is 6.21. The van der Waals surface area contributed by atoms with Gasteiger partial charge in [0.1, 0.15) is 0 Å². The Balaban J connectivity index is 1.81. The highest BCUT2D eigenvalue weighted by atomic mass is 35.5. The van der Waals surface area contributed by atoms with Crippen molar-refractivity contribution in [3.8, 4) is 0 Å². The number of rotatable bonds is 3. The van der Waals surface area contributed by atoms with E-state index in [2.05, 4.69) is 17.1 Å². The summed E-state index contributed by atoms with van der Waals surface area (Å²) < 4.78 is 0. The van der Waals surface area contributed by atoms with E-state index >= 15 is 0 Å². The van der Waals surface area contributed by atoms with E-state index in [1.54, 1.807) is 17.8 Å². The molecule has 0 N–H and O–H groups in total. The fourth-order valence-electron chi connectivity index (χ4n) is 1.93. The fourth-order valence-corrected chi connectivity index (χ4v) is 3.26. The smallest absolute Gasteiger partial charge is 0.0970 e. The summed E-state index contributed by atoms with van der Waals surface area (Å²) in [4.78, 5) is 4.63. The van der Waals surface area contributed by atoms with Gasteiger partial charge in [-0.1, -0.05) is 47.5 Å². The van der Waals surface area contributed by atoms with E-state index in [0.29, 0.717) is 5.02 Å². The Hall–Kier alpha value is -1.22. The lowest BCUT2D eigenvalue weighted by Gasteiger charge is -2.05. The molecule has 0 fully saturated rings. The maximum atomic E-state index is 6.17. The maximum absolute atomic E-state index is 6.17. The Labute approximate surface area is 131 Å². The molecule has 1 nitrogen and oxygen atoms in total. The lowest BCUT2D eigenvalue weighted by atomic mass is 10.2. The number of thioether (sulfide) groups is 1. The molecule has 0 radical (unpaired) electrons. The number of halogens is 2. The van der Waals surface area contributed by atoms with E-state index in [0.717, 1.165) is 32.3 Å². The molecule has 0 amide bonds. The molecule has 0 aliphatic rings. The van der Waals surface area contributed by atoms with Gasteiger partial charge in [-0.25, -0.2) is 4.98 Å². The monoisotopic (exact) mass is 319 g/mol. The number of para-hydroxylation sites is 1. The molecule has 4 heteroatoms. The predicted molar refractivity (Wildman–Crippen MR) is 87.8 cm³/mol. The van der Waals surface area contributed by atoms with Crippen molar-refractivity contribution in [2.45, 2.75) is 10.8 Å². The molecule has 0 aliphatic heterocycles. The van der Waals surface area contributed by atoms with Crippen LogP contribution < -0.4 is 0 Å². The summed E-state index contributed by atoms with van der Waals surface area (Å²) in [7, 11) is 0. The highest BCUT2D eigenvalue weighted by molar-refractivity contribution is 7.98. The third-order valence-electron chi connectivity index (χ3n) is 2.96. The Kier molecular flexibility index (Phi) is 4.16. The molecule has 1 heterocycles. The largest absolute Gasteiger partial charge is 0.241 e. The molecule has 0 saturated carbocycles. The van der Waals surface area contributed by atoms with Gasteiger partial charge in [0.25, 0.3) is 0 Å². The minimum Gasteiger partial charge on any atom is -0.241 e. The van der Waals surface area contributed by atoms with Gasteiger partial charge < -0.3 is 0 Å². The molecule has 0 atom stereocenters. The summed E-state index contributed by atoms with van der Waals surface area (Å²) in [5, 5.41) is 3.58. The topological polar surface area (TPSA) is 12.9 Å². The predicted octanol–water partition coefficient (Wildman–Crippen LogP) is 5.83. The Bertz CT molecular complexity index is 758. The third-order valence-corrected chi connectivity index (χ3v) is 4.54. The highest BCUT2D eigenvalue weighted by Gasteiger charge is 2.04. The van der Waals surface area contributed by atoms with Crippen molar-refractivity contribution in [1.82, 2.24) is 4.98 Å². The lowest BCUT2D eigenvalue weighted by molar-refractivity contribution is 1.18. The molecule has 0 saturated heterocycles. The van der Waals surface area contributed by atoms with Gasteiger partial charge in [0.2, 0.25) is 0 Å². The zero-order valence-corrected chi connectivity index (χ0v) is 12.8. The van der Waals surface area contributed by atoms with Gasteiger partial charge in [-0.05, 0) is 35.9 Å². The molecule has 0 aliphatic carbocycles. The van der Waals surface area contributed by atoms with E-state index in [4.69, 9.17) is 23.2 Å². The van der Waals surface area contributed by atoms with Crippen LogP contribution in [-0.2, 0) is 5.75 Å². The van der Waals surface area contributed by atoms with Gasteiger partial charge in [-0.15, -0.1) is 11.8 Å². The van der Waals surface area contributed by atoms with Crippen LogP contribution >= 0.6 is 35.0 Å². The molecule has 0 spiro atoms. The molecule has 100 valence electrons. The van der Waals surface area contributed by atoms with E-state index in [1.165, 1.54) is 0 Å². The lowest BCUT2D eigenvalue weighted by Crippen LogP contribution is -1.86. The molecule has 20 heavy (non-hydrogen) atoms. The highest BCUT2D eigenvalue weighted by Crippen LogP contribution is 2.28. The van der Waals surface area contributed by atoms with Crippen LogP contribution in [0.25, 0.3) is 10.9 Å². The zero-order chi connectivity index (χ0) is 13.9. The summed E-state index contributed by atoms with van der Waals surface area (Å²) in [6.07, 6.45) is 0. The summed E-state index contributed by atoms with van der Waals surface area (Å²) in [5.74, 6) is 0.755. The van der Waals surface area contributed by atoms with Gasteiger partial charge in [-0.2, -0.15) is 0 Å². The first-order chi connectivity index (χ1) is 9.72. The van der Waals surface area contributed by atoms with Gasteiger partial charge in [0.05, 0.1) is 10.5 Å². The third kappa shape index (κ3) is 3.09. The number of hydrogen-bond donors (Lipinski definition) is 0. The van der Waals surface area contributed by atoms with Crippen LogP contribution in [0.2, 0.25) is 10.0 Å². The average Bonchev–Trinajstić information content (AvgIpc) is 2.48. The first-order valence-electron chi connectivity index (χ1n) is 6.15. The molecule has 3 rings (SSSR count). The Morgan fingerprint density at radius 1 is 0.950 bits per heavy atom. The number of fused-ring (bicyclic) bond motifs is 1. The van der Waals surface area contributed by atoms with Crippen molar-refractivity contribution < 1.29 is 0 Å². The van der Waals surface area contributed by atoms with Crippen LogP contribution in [0.1, 0.15) is 5.56 Å². The summed E-state index contributed by atoms with van der Waals surface area (Å²) >= 11 is 13.8. The number of hydrogen-bond acceptors (Lipinski definition) is 2. The minimum absolute atomic E-state index is 0.705. The molecule has 3 aromatic rings. The van der Waals surface area contributed by atoms with Crippen molar-refractivity contribution in [2.75, 3.05) is 0 Å². The number of nitrogens with zero attached hydrogens (tertiary/aromatic N) is 1. The van der Waals surface area contributed by atoms with E-state index in [1.807, 2.05) is 36.4 Å². The SMILES string of the molecule is Clc1ccc(Cl)c(CSc2ccc3ccccc3n2)c1. The summed E-state index contributed by atoms with van der Waals surface area (Å²) in [6, 6.07) is 17.7. The Morgan fingerprint density at radius 2 is 1.80 bits per heavy atom. The van der Waals surface area contributed by atoms with Crippen LogP contribution in [0.15, 0.2) is 59.6 Å². The minimum atomic E-state index is 0.705. The quantitative estimate of drug-likeness (QED) is 0.563. The standard InChI is InChI=1S/C16H11Cl2NS/c17-13-6-7-14(18)12(9-13)10-20-16-8-5-11-3-1-2-4-15(11)19-16/h1-9H,10H2. The second-order valence-electron chi connectivity index (χ2n) is 4.37. The normalized spacial score (nSPS) is 10.9. The van der Waals surface area contributed by atoms with Crippen LogP contribution in [-0.4, -0.2) is 4.98 Å². The van der Waals surface area contributed by atoms with Crippen LogP contribution in [0, 0.1) is 0 Å². The van der Waals surface area contributed by atoms with Crippen LogP contribution in [0.5, 0.6) is 0 Å². The van der Waals surface area contributed by atoms with Crippen molar-refractivity contribution in [3.63, 3.8) is 0 Å². The summed E-state index contributed by atoms with van der Waals surface area (Å²) in [6.45, 7) is 0. The summed E-state index contributed by atoms with van der Waals surface area (Å²) in [5.41, 5.74) is 2.04. The van der Waals surface area contributed by atoms with E-state index < -0.39 is 0 Å². The molecule has 1 aromatic heterocycles. The number of benzene rings is 2. The molecule has 0 unspecified atom stereocenters. The van der Waals surface area contributed by atoms with Crippen LogP contribution in [0.3, 0.4) is 0 Å². The Morgan fingerprint density at radius 3 is 2.70 bits per heavy atom. The van der Waals surface area contributed by atoms with Crippen molar-refractivity contribution in [2.24, 2.45) is 0 Å². The second kappa shape index (κ2) is 6.04. The molecular weight excluding hydrogens is 309 g/mol.